The van der Waals surface area contributed by atoms with E-state index in [1.165, 1.54) is 0 Å². The van der Waals surface area contributed by atoms with Gasteiger partial charge in [0, 0.05) is 30.8 Å². The van der Waals surface area contributed by atoms with Crippen molar-refractivity contribution in [2.75, 3.05) is 11.9 Å². The van der Waals surface area contributed by atoms with Crippen molar-refractivity contribution in [2.45, 2.75) is 20.0 Å². The number of hydrogen-bond acceptors (Lipinski definition) is 5. The zero-order valence-electron chi connectivity index (χ0n) is 16.1. The van der Waals surface area contributed by atoms with E-state index in [1.54, 1.807) is 31.5 Å². The van der Waals surface area contributed by atoms with E-state index in [1.807, 2.05) is 53.6 Å². The van der Waals surface area contributed by atoms with E-state index in [2.05, 4.69) is 15.3 Å². The fourth-order valence-corrected chi connectivity index (χ4v) is 2.95. The lowest BCUT2D eigenvalue weighted by molar-refractivity contribution is 0.0526. The molecule has 1 N–H and O–H groups in total. The van der Waals surface area contributed by atoms with Crippen molar-refractivity contribution in [3.8, 4) is 0 Å². The van der Waals surface area contributed by atoms with Crippen LogP contribution in [0.1, 0.15) is 28.5 Å². The summed E-state index contributed by atoms with van der Waals surface area (Å²) in [6, 6.07) is 16.8. The average molecular weight is 407 g/mol. The Bertz CT molecular complexity index is 893. The summed E-state index contributed by atoms with van der Waals surface area (Å²) in [7, 11) is 0. The van der Waals surface area contributed by atoms with Crippen LogP contribution >= 0.6 is 12.2 Å². The second-order valence-electron chi connectivity index (χ2n) is 6.27. The molecule has 3 aromatic rings. The molecule has 0 unspecified atom stereocenters. The molecule has 1 aromatic carbocycles. The standard InChI is InChI=1S/C22H22N4O2S/c1-2-28-21(27)18-8-10-19(11-9-18)25-22(29)26(15-17-6-5-12-23-14-17)16-20-7-3-4-13-24-20/h3-14H,2,15-16H2,1H3,(H,25,29). The first kappa shape index (κ1) is 20.4. The minimum Gasteiger partial charge on any atom is -0.462 e. The number of pyridine rings is 2. The van der Waals surface area contributed by atoms with Gasteiger partial charge in [0.2, 0.25) is 0 Å². The SMILES string of the molecule is CCOC(=O)c1ccc(NC(=S)N(Cc2cccnc2)Cc2ccccn2)cc1. The molecular weight excluding hydrogens is 384 g/mol. The fraction of sp³-hybridized carbons (Fsp3) is 0.182. The van der Waals surface area contributed by atoms with Crippen LogP contribution in [-0.2, 0) is 17.8 Å². The molecule has 0 bridgehead atoms. The third kappa shape index (κ3) is 6.08. The van der Waals surface area contributed by atoms with Crippen molar-refractivity contribution < 1.29 is 9.53 Å². The molecule has 148 valence electrons. The highest BCUT2D eigenvalue weighted by Gasteiger charge is 2.13. The summed E-state index contributed by atoms with van der Waals surface area (Å²) in [6.45, 7) is 3.28. The van der Waals surface area contributed by atoms with Gasteiger partial charge < -0.3 is 15.0 Å². The number of ether oxygens (including phenoxy) is 1. The van der Waals surface area contributed by atoms with Crippen LogP contribution in [0.2, 0.25) is 0 Å². The van der Waals surface area contributed by atoms with Gasteiger partial charge in [0.25, 0.3) is 0 Å². The smallest absolute Gasteiger partial charge is 0.338 e. The van der Waals surface area contributed by atoms with E-state index in [-0.39, 0.29) is 5.97 Å². The zero-order chi connectivity index (χ0) is 20.5. The van der Waals surface area contributed by atoms with E-state index in [9.17, 15) is 4.79 Å². The minimum atomic E-state index is -0.338. The largest absolute Gasteiger partial charge is 0.462 e. The zero-order valence-corrected chi connectivity index (χ0v) is 16.9. The maximum absolute atomic E-state index is 11.8. The Hall–Kier alpha value is -3.32. The molecular formula is C22H22N4O2S. The summed E-state index contributed by atoms with van der Waals surface area (Å²) in [5, 5.41) is 3.80. The summed E-state index contributed by atoms with van der Waals surface area (Å²) in [4.78, 5) is 22.4. The molecule has 0 radical (unpaired) electrons. The number of rotatable bonds is 7. The van der Waals surface area contributed by atoms with Crippen molar-refractivity contribution in [3.63, 3.8) is 0 Å². The van der Waals surface area contributed by atoms with Gasteiger partial charge in [0.15, 0.2) is 5.11 Å². The molecule has 0 aliphatic heterocycles. The maximum Gasteiger partial charge on any atom is 0.338 e. The normalized spacial score (nSPS) is 10.2. The van der Waals surface area contributed by atoms with Gasteiger partial charge in [-0.05, 0) is 67.2 Å². The predicted molar refractivity (Wildman–Crippen MR) is 116 cm³/mol. The molecule has 3 rings (SSSR count). The molecule has 0 spiro atoms. The van der Waals surface area contributed by atoms with Crippen LogP contribution in [0.15, 0.2) is 73.2 Å². The second-order valence-corrected chi connectivity index (χ2v) is 6.65. The quantitative estimate of drug-likeness (QED) is 0.469. The highest BCUT2D eigenvalue weighted by atomic mass is 32.1. The van der Waals surface area contributed by atoms with E-state index < -0.39 is 0 Å². The highest BCUT2D eigenvalue weighted by Crippen LogP contribution is 2.14. The number of hydrogen-bond donors (Lipinski definition) is 1. The van der Waals surface area contributed by atoms with Gasteiger partial charge in [-0.1, -0.05) is 12.1 Å². The summed E-state index contributed by atoms with van der Waals surface area (Å²) in [5.41, 5.74) is 3.26. The van der Waals surface area contributed by atoms with E-state index in [0.29, 0.717) is 30.4 Å². The Morgan fingerprint density at radius 1 is 1.07 bits per heavy atom. The predicted octanol–water partition coefficient (Wildman–Crippen LogP) is 4.05. The van der Waals surface area contributed by atoms with E-state index in [0.717, 1.165) is 16.9 Å². The number of aromatic nitrogens is 2. The van der Waals surface area contributed by atoms with Gasteiger partial charge in [-0.3, -0.25) is 9.97 Å². The van der Waals surface area contributed by atoms with E-state index in [4.69, 9.17) is 17.0 Å². The number of thiocarbonyl (C=S) groups is 1. The van der Waals surface area contributed by atoms with Crippen molar-refractivity contribution >= 4 is 29.0 Å². The second kappa shape index (κ2) is 10.3. The molecule has 29 heavy (non-hydrogen) atoms. The van der Waals surface area contributed by atoms with Crippen molar-refractivity contribution in [3.05, 3.63) is 90.0 Å². The number of esters is 1. The first-order valence-electron chi connectivity index (χ1n) is 9.27. The molecule has 6 nitrogen and oxygen atoms in total. The number of nitrogens with zero attached hydrogens (tertiary/aromatic N) is 3. The lowest BCUT2D eigenvalue weighted by Gasteiger charge is -2.25. The molecule has 0 atom stereocenters. The molecule has 0 saturated carbocycles. The summed E-state index contributed by atoms with van der Waals surface area (Å²) in [5.74, 6) is -0.338. The number of nitrogens with one attached hydrogen (secondary N) is 1. The molecule has 7 heteroatoms. The number of carbonyl (C=O) groups excluding carboxylic acids is 1. The van der Waals surface area contributed by atoms with Crippen molar-refractivity contribution in [1.82, 2.24) is 14.9 Å². The van der Waals surface area contributed by atoms with Crippen molar-refractivity contribution in [1.29, 1.82) is 0 Å². The third-order valence-corrected chi connectivity index (χ3v) is 4.47. The van der Waals surface area contributed by atoms with Gasteiger partial charge in [-0.2, -0.15) is 0 Å². The van der Waals surface area contributed by atoms with Crippen LogP contribution in [0.4, 0.5) is 5.69 Å². The Balaban J connectivity index is 1.72. The van der Waals surface area contributed by atoms with Gasteiger partial charge in [-0.25, -0.2) is 4.79 Å². The molecule has 0 saturated heterocycles. The van der Waals surface area contributed by atoms with E-state index >= 15 is 0 Å². The Labute approximate surface area is 175 Å². The number of benzene rings is 1. The van der Waals surface area contributed by atoms with Crippen LogP contribution in [0, 0.1) is 0 Å². The lowest BCUT2D eigenvalue weighted by atomic mass is 10.2. The summed E-state index contributed by atoms with van der Waals surface area (Å²) < 4.78 is 5.01. The van der Waals surface area contributed by atoms with Gasteiger partial charge in [0.1, 0.15) is 0 Å². The van der Waals surface area contributed by atoms with Crippen molar-refractivity contribution in [2.24, 2.45) is 0 Å². The number of carbonyl (C=O) groups is 1. The van der Waals surface area contributed by atoms with Crippen LogP contribution in [0.3, 0.4) is 0 Å². The third-order valence-electron chi connectivity index (χ3n) is 4.11. The Morgan fingerprint density at radius 3 is 2.55 bits per heavy atom. The molecule has 0 aliphatic rings. The minimum absolute atomic E-state index is 0.338. The maximum atomic E-state index is 11.8. The summed E-state index contributed by atoms with van der Waals surface area (Å²) >= 11 is 5.66. The molecule has 0 aliphatic carbocycles. The highest BCUT2D eigenvalue weighted by molar-refractivity contribution is 7.80. The summed E-state index contributed by atoms with van der Waals surface area (Å²) in [6.07, 6.45) is 5.33. The first-order valence-corrected chi connectivity index (χ1v) is 9.68. The van der Waals surface area contributed by atoms with Crippen LogP contribution < -0.4 is 5.32 Å². The lowest BCUT2D eigenvalue weighted by Crippen LogP contribution is -2.34. The Morgan fingerprint density at radius 2 is 1.90 bits per heavy atom. The van der Waals surface area contributed by atoms with Gasteiger partial charge in [0.05, 0.1) is 24.4 Å². The average Bonchev–Trinajstić information content (AvgIpc) is 2.75. The van der Waals surface area contributed by atoms with Gasteiger partial charge in [-0.15, -0.1) is 0 Å². The topological polar surface area (TPSA) is 67.3 Å². The van der Waals surface area contributed by atoms with Crippen LogP contribution in [-0.4, -0.2) is 32.6 Å². The monoisotopic (exact) mass is 406 g/mol. The number of anilines is 1. The molecule has 2 heterocycles. The molecule has 0 fully saturated rings. The molecule has 2 aromatic heterocycles. The Kier molecular flexibility index (Phi) is 7.24. The molecule has 0 amide bonds. The van der Waals surface area contributed by atoms with Gasteiger partial charge >= 0.3 is 5.97 Å². The van der Waals surface area contributed by atoms with Crippen LogP contribution in [0.5, 0.6) is 0 Å². The van der Waals surface area contributed by atoms with Crippen LogP contribution in [0.25, 0.3) is 0 Å². The first-order chi connectivity index (χ1) is 14.2. The fourth-order valence-electron chi connectivity index (χ4n) is 2.71.